The average molecular weight is 615 g/mol. The van der Waals surface area contributed by atoms with Crippen LogP contribution in [0.4, 0.5) is 15.0 Å². The fourth-order valence-electron chi connectivity index (χ4n) is 3.87. The van der Waals surface area contributed by atoms with Crippen LogP contribution in [0.1, 0.15) is 47.8 Å². The van der Waals surface area contributed by atoms with Crippen molar-refractivity contribution >= 4 is 25.6 Å². The van der Waals surface area contributed by atoms with Crippen molar-refractivity contribution < 1.29 is 46.9 Å². The lowest BCUT2D eigenvalue weighted by Gasteiger charge is -2.25. The summed E-state index contributed by atoms with van der Waals surface area (Å²) >= 11 is 0. The van der Waals surface area contributed by atoms with E-state index in [-0.39, 0.29) is 11.6 Å². The van der Waals surface area contributed by atoms with Crippen LogP contribution in [-0.4, -0.2) is 69.5 Å². The third-order valence-electron chi connectivity index (χ3n) is 5.81. The highest BCUT2D eigenvalue weighted by Gasteiger charge is 2.56. The zero-order chi connectivity index (χ0) is 31.2. The smallest absolute Gasteiger partial charge is 0.459 e. The van der Waals surface area contributed by atoms with E-state index in [1.165, 1.54) is 25.1 Å². The quantitative estimate of drug-likeness (QED) is 0.235. The molecule has 1 aromatic heterocycles. The minimum Gasteiger partial charge on any atom is -0.462 e. The Balaban J connectivity index is 1.77. The fourth-order valence-corrected chi connectivity index (χ4v) is 5.37. The summed E-state index contributed by atoms with van der Waals surface area (Å²) in [4.78, 5) is 40.5. The lowest BCUT2D eigenvalue weighted by Crippen LogP contribution is -2.43. The minimum atomic E-state index is -4.34. The Morgan fingerprint density at radius 3 is 2.38 bits per heavy atom. The van der Waals surface area contributed by atoms with Gasteiger partial charge < -0.3 is 23.8 Å². The summed E-state index contributed by atoms with van der Waals surface area (Å²) in [5, 5.41) is 15.5. The molecule has 14 nitrogen and oxygen atoms in total. The number of aromatic nitrogens is 2. The average Bonchev–Trinajstić information content (AvgIpc) is 3.10. The molecular weight excluding hydrogens is 578 g/mol. The molecule has 0 aliphatic carbocycles. The van der Waals surface area contributed by atoms with Gasteiger partial charge in [-0.15, -0.1) is 0 Å². The van der Waals surface area contributed by atoms with Crippen molar-refractivity contribution in [3.05, 3.63) is 53.1 Å². The molecular formula is C26H36FN4O10P. The van der Waals surface area contributed by atoms with E-state index in [4.69, 9.17) is 23.3 Å². The molecule has 3 rings (SSSR count). The maximum Gasteiger partial charge on any atom is 0.459 e. The van der Waals surface area contributed by atoms with Crippen LogP contribution in [0.3, 0.4) is 0 Å². The van der Waals surface area contributed by atoms with E-state index in [0.29, 0.717) is 0 Å². The summed E-state index contributed by atoms with van der Waals surface area (Å²) in [5.74, 6) is -0.722. The predicted octanol–water partition coefficient (Wildman–Crippen LogP) is 3.32. The Morgan fingerprint density at radius 2 is 1.79 bits per heavy atom. The van der Waals surface area contributed by atoms with Crippen molar-refractivity contribution in [1.29, 1.82) is 0 Å². The molecule has 2 aromatic rings. The first-order valence-corrected chi connectivity index (χ1v) is 14.7. The number of para-hydroxylation sites is 1. The summed E-state index contributed by atoms with van der Waals surface area (Å²) in [6.07, 6.45) is -5.49. The van der Waals surface area contributed by atoms with Crippen LogP contribution in [0.15, 0.2) is 47.4 Å². The van der Waals surface area contributed by atoms with Crippen molar-refractivity contribution in [2.75, 3.05) is 11.9 Å². The van der Waals surface area contributed by atoms with Crippen molar-refractivity contribution in [2.24, 2.45) is 0 Å². The van der Waals surface area contributed by atoms with Gasteiger partial charge in [0.15, 0.2) is 11.9 Å². The number of alkyl halides is 1. The molecule has 6 atom stereocenters. The Bertz CT molecular complexity index is 1340. The SMILES string of the molecule is CC(C)OC(=O)Nc1ccn([C@@H]2O[C@H](CO[P@@](=O)(N[C@@H](C)C(=O)OC(C)C)Oc3ccccc3)[C@@H](O)[C@@]2(C)F)c(=O)n1. The van der Waals surface area contributed by atoms with Gasteiger partial charge in [-0.1, -0.05) is 18.2 Å². The molecule has 2 heterocycles. The number of rotatable bonds is 12. The number of halogens is 1. The number of carbonyl (C=O) groups is 2. The number of aliphatic hydroxyl groups is 1. The third kappa shape index (κ3) is 8.58. The van der Waals surface area contributed by atoms with Crippen LogP contribution in [-0.2, 0) is 28.1 Å². The van der Waals surface area contributed by atoms with E-state index in [1.807, 2.05) is 0 Å². The van der Waals surface area contributed by atoms with E-state index in [0.717, 1.165) is 17.7 Å². The molecule has 1 fully saturated rings. The normalized spacial score (nSPS) is 24.2. The van der Waals surface area contributed by atoms with Crippen LogP contribution >= 0.6 is 7.75 Å². The number of benzene rings is 1. The fraction of sp³-hybridized carbons (Fsp3) is 0.538. The van der Waals surface area contributed by atoms with Crippen molar-refractivity contribution in [3.8, 4) is 5.75 Å². The van der Waals surface area contributed by atoms with Crippen LogP contribution in [0, 0.1) is 0 Å². The van der Waals surface area contributed by atoms with E-state index in [2.05, 4.69) is 15.4 Å². The maximum atomic E-state index is 15.8. The minimum absolute atomic E-state index is 0.141. The van der Waals surface area contributed by atoms with Gasteiger partial charge in [-0.2, -0.15) is 10.1 Å². The first-order valence-electron chi connectivity index (χ1n) is 13.2. The zero-order valence-electron chi connectivity index (χ0n) is 24.1. The van der Waals surface area contributed by atoms with Gasteiger partial charge in [0.2, 0.25) is 0 Å². The van der Waals surface area contributed by atoms with Crippen molar-refractivity contribution in [2.45, 2.75) is 83.9 Å². The first kappa shape index (κ1) is 33.1. The van der Waals surface area contributed by atoms with Crippen LogP contribution in [0.5, 0.6) is 5.75 Å². The van der Waals surface area contributed by atoms with Crippen LogP contribution in [0.25, 0.3) is 0 Å². The van der Waals surface area contributed by atoms with Crippen LogP contribution in [0.2, 0.25) is 0 Å². The van der Waals surface area contributed by atoms with Crippen LogP contribution < -0.4 is 20.6 Å². The molecule has 1 amide bonds. The topological polar surface area (TPSA) is 177 Å². The Labute approximate surface area is 242 Å². The third-order valence-corrected chi connectivity index (χ3v) is 7.45. The van der Waals surface area contributed by atoms with E-state index >= 15 is 4.39 Å². The number of carbonyl (C=O) groups excluding carboxylic acids is 2. The second kappa shape index (κ2) is 13.7. The molecule has 16 heteroatoms. The number of anilines is 1. The second-order valence-corrected chi connectivity index (χ2v) is 11.9. The van der Waals surface area contributed by atoms with Gasteiger partial charge in [-0.25, -0.2) is 18.5 Å². The molecule has 0 radical (unpaired) electrons. The van der Waals surface area contributed by atoms with Gasteiger partial charge in [0.1, 0.15) is 29.8 Å². The first-order chi connectivity index (χ1) is 19.6. The summed E-state index contributed by atoms with van der Waals surface area (Å²) < 4.78 is 57.0. The lowest BCUT2D eigenvalue weighted by atomic mass is 9.98. The molecule has 0 bridgehead atoms. The number of ether oxygens (including phenoxy) is 3. The predicted molar refractivity (Wildman–Crippen MR) is 148 cm³/mol. The van der Waals surface area contributed by atoms with E-state index < -0.39 is 74.5 Å². The van der Waals surface area contributed by atoms with Crippen molar-refractivity contribution in [3.63, 3.8) is 0 Å². The largest absolute Gasteiger partial charge is 0.462 e. The number of nitrogens with one attached hydrogen (secondary N) is 2. The summed E-state index contributed by atoms with van der Waals surface area (Å²) in [6.45, 7) is 8.32. The maximum absolute atomic E-state index is 15.8. The van der Waals surface area contributed by atoms with E-state index in [1.54, 1.807) is 45.9 Å². The summed E-state index contributed by atoms with van der Waals surface area (Å²) in [5.41, 5.74) is -3.52. The van der Waals surface area contributed by atoms with Gasteiger partial charge in [-0.3, -0.25) is 19.2 Å². The van der Waals surface area contributed by atoms with Gasteiger partial charge in [-0.05, 0) is 59.7 Å². The van der Waals surface area contributed by atoms with Gasteiger partial charge >= 0.3 is 25.5 Å². The summed E-state index contributed by atoms with van der Waals surface area (Å²) in [7, 11) is -4.34. The number of hydrogen-bond acceptors (Lipinski definition) is 11. The standard InChI is InChI=1S/C26H36FN4O10P/c1-15(2)38-22(33)17(5)30-42(36,41-18-10-8-7-9-11-18)37-14-19-21(32)26(6,27)23(40-19)31-13-12-20(28-24(31)34)29-25(35)39-16(3)4/h7-13,15-17,19,21,23,32H,14H2,1-6H3,(H,30,36)(H,28,29,34,35)/t17-,19+,21+,23+,26+,42-/m0/s1. The number of amides is 1. The molecule has 1 aliphatic heterocycles. The number of nitrogens with zero attached hydrogens (tertiary/aromatic N) is 2. The molecule has 0 unspecified atom stereocenters. The van der Waals surface area contributed by atoms with E-state index in [9.17, 15) is 24.1 Å². The van der Waals surface area contributed by atoms with Gasteiger partial charge in [0.25, 0.3) is 0 Å². The summed E-state index contributed by atoms with van der Waals surface area (Å²) in [6, 6.07) is 8.05. The van der Waals surface area contributed by atoms with Gasteiger partial charge in [0.05, 0.1) is 18.8 Å². The highest BCUT2D eigenvalue weighted by Crippen LogP contribution is 2.47. The molecule has 1 saturated heterocycles. The molecule has 232 valence electrons. The highest BCUT2D eigenvalue weighted by molar-refractivity contribution is 7.52. The molecule has 0 saturated carbocycles. The number of esters is 1. The lowest BCUT2D eigenvalue weighted by molar-refractivity contribution is -0.149. The zero-order valence-corrected chi connectivity index (χ0v) is 24.9. The molecule has 3 N–H and O–H groups in total. The monoisotopic (exact) mass is 614 g/mol. The Kier molecular flexibility index (Phi) is 10.8. The number of aliphatic hydroxyl groups excluding tert-OH is 1. The second-order valence-electron chi connectivity index (χ2n) is 10.2. The van der Waals surface area contributed by atoms with Crippen molar-refractivity contribution in [1.82, 2.24) is 14.6 Å². The molecule has 1 aliphatic rings. The van der Waals surface area contributed by atoms with Gasteiger partial charge in [0, 0.05) is 6.20 Å². The Hall–Kier alpha value is -3.36. The molecule has 0 spiro atoms. The molecule has 42 heavy (non-hydrogen) atoms. The molecule has 1 aromatic carbocycles. The number of hydrogen-bond donors (Lipinski definition) is 3. The highest BCUT2D eigenvalue weighted by atomic mass is 31.2. The Morgan fingerprint density at radius 1 is 1.14 bits per heavy atom.